The smallest absolute Gasteiger partial charge is 0.148 e. The van der Waals surface area contributed by atoms with Gasteiger partial charge in [-0.05, 0) is 29.8 Å². The van der Waals surface area contributed by atoms with E-state index in [-0.39, 0.29) is 6.61 Å². The van der Waals surface area contributed by atoms with Crippen LogP contribution in [0.3, 0.4) is 0 Å². The lowest BCUT2D eigenvalue weighted by Gasteiger charge is -2.10. The number of rotatable bonds is 5. The van der Waals surface area contributed by atoms with Gasteiger partial charge in [0.15, 0.2) is 0 Å². The summed E-state index contributed by atoms with van der Waals surface area (Å²) in [6, 6.07) is 13.2. The first kappa shape index (κ1) is 14.6. The third-order valence-corrected chi connectivity index (χ3v) is 3.29. The van der Waals surface area contributed by atoms with E-state index in [0.717, 1.165) is 11.3 Å². The number of hydrogen-bond acceptors (Lipinski definition) is 2. The summed E-state index contributed by atoms with van der Waals surface area (Å²) in [5, 5.41) is 4.48. The third kappa shape index (κ3) is 3.84. The molecule has 20 heavy (non-hydrogen) atoms. The molecule has 0 spiro atoms. The van der Waals surface area contributed by atoms with Crippen molar-refractivity contribution in [1.82, 2.24) is 0 Å². The summed E-state index contributed by atoms with van der Waals surface area (Å²) in [4.78, 5) is 0. The fourth-order valence-electron chi connectivity index (χ4n) is 1.69. The van der Waals surface area contributed by atoms with Gasteiger partial charge in [-0.1, -0.05) is 47.3 Å². The Morgan fingerprint density at radius 1 is 1.10 bits per heavy atom. The molecule has 2 aromatic rings. The zero-order valence-electron chi connectivity index (χ0n) is 10.7. The molecule has 0 aliphatic carbocycles. The molecular formula is C16H13Cl2NO. The highest BCUT2D eigenvalue weighted by Gasteiger charge is 2.04. The lowest BCUT2D eigenvalue weighted by Crippen LogP contribution is -2.00. The number of ether oxygens (including phenoxy) is 1. The van der Waals surface area contributed by atoms with E-state index in [0.29, 0.717) is 22.3 Å². The number of benzene rings is 2. The Morgan fingerprint density at radius 2 is 1.90 bits per heavy atom. The maximum absolute atomic E-state index is 6.13. The molecular weight excluding hydrogens is 293 g/mol. The minimum atomic E-state index is 0.205. The van der Waals surface area contributed by atoms with E-state index < -0.39 is 0 Å². The van der Waals surface area contributed by atoms with Gasteiger partial charge in [0.25, 0.3) is 0 Å². The Bertz CT molecular complexity index is 635. The van der Waals surface area contributed by atoms with Gasteiger partial charge >= 0.3 is 0 Å². The fraction of sp³-hybridized carbons (Fsp3) is 0.125. The van der Waals surface area contributed by atoms with Crippen molar-refractivity contribution in [2.75, 3.05) is 11.9 Å². The lowest BCUT2D eigenvalue weighted by atomic mass is 10.2. The number of anilines is 1. The van der Waals surface area contributed by atoms with E-state index in [1.165, 1.54) is 0 Å². The second-order valence-corrected chi connectivity index (χ2v) is 4.91. The number of para-hydroxylation sites is 1. The van der Waals surface area contributed by atoms with Gasteiger partial charge in [0.1, 0.15) is 12.4 Å². The summed E-state index contributed by atoms with van der Waals surface area (Å²) in [6.07, 6.45) is 5.14. The first-order valence-electron chi connectivity index (χ1n) is 6.04. The van der Waals surface area contributed by atoms with Crippen LogP contribution >= 0.6 is 23.2 Å². The molecule has 2 nitrogen and oxygen atoms in total. The largest absolute Gasteiger partial charge is 0.479 e. The second kappa shape index (κ2) is 7.09. The molecule has 0 saturated carbocycles. The highest BCUT2D eigenvalue weighted by atomic mass is 35.5. The van der Waals surface area contributed by atoms with Crippen LogP contribution in [0.2, 0.25) is 10.0 Å². The van der Waals surface area contributed by atoms with Crippen molar-refractivity contribution < 1.29 is 4.74 Å². The van der Waals surface area contributed by atoms with Gasteiger partial charge in [-0.15, -0.1) is 6.42 Å². The van der Waals surface area contributed by atoms with E-state index in [1.807, 2.05) is 42.5 Å². The zero-order chi connectivity index (χ0) is 14.4. The molecule has 0 aliphatic heterocycles. The van der Waals surface area contributed by atoms with Crippen LogP contribution in [-0.4, -0.2) is 6.61 Å². The van der Waals surface area contributed by atoms with E-state index in [1.54, 1.807) is 0 Å². The predicted molar refractivity (Wildman–Crippen MR) is 84.6 cm³/mol. The first-order valence-corrected chi connectivity index (χ1v) is 6.79. The van der Waals surface area contributed by atoms with Gasteiger partial charge in [0.05, 0.1) is 15.7 Å². The standard InChI is InChI=1S/C16H13Cl2NO/c1-2-9-20-16-8-7-12(10-14(16)18)11-19-15-6-4-3-5-13(15)17/h1,3-8,10,19H,9,11H2. The van der Waals surface area contributed by atoms with Gasteiger partial charge in [0, 0.05) is 6.54 Å². The van der Waals surface area contributed by atoms with Gasteiger partial charge in [-0.2, -0.15) is 0 Å². The molecule has 0 saturated heterocycles. The Labute approximate surface area is 128 Å². The predicted octanol–water partition coefficient (Wildman–Crippen LogP) is 4.62. The van der Waals surface area contributed by atoms with Crippen LogP contribution in [-0.2, 0) is 6.54 Å². The molecule has 0 amide bonds. The first-order chi connectivity index (χ1) is 9.70. The molecule has 4 heteroatoms. The molecule has 0 heterocycles. The van der Waals surface area contributed by atoms with E-state index >= 15 is 0 Å². The van der Waals surface area contributed by atoms with Crippen LogP contribution in [0.4, 0.5) is 5.69 Å². The minimum absolute atomic E-state index is 0.205. The van der Waals surface area contributed by atoms with Crippen molar-refractivity contribution in [2.45, 2.75) is 6.54 Å². The average molecular weight is 306 g/mol. The van der Waals surface area contributed by atoms with Gasteiger partial charge in [-0.25, -0.2) is 0 Å². The molecule has 0 radical (unpaired) electrons. The monoisotopic (exact) mass is 305 g/mol. The summed E-state index contributed by atoms with van der Waals surface area (Å²) in [6.45, 7) is 0.829. The molecule has 0 atom stereocenters. The number of terminal acetylenes is 1. The minimum Gasteiger partial charge on any atom is -0.479 e. The Hall–Kier alpha value is -1.82. The van der Waals surface area contributed by atoms with Crippen LogP contribution < -0.4 is 10.1 Å². The average Bonchev–Trinajstić information content (AvgIpc) is 2.45. The molecule has 0 aromatic heterocycles. The number of nitrogens with one attached hydrogen (secondary N) is 1. The summed E-state index contributed by atoms with van der Waals surface area (Å²) >= 11 is 12.2. The second-order valence-electron chi connectivity index (χ2n) is 4.09. The van der Waals surface area contributed by atoms with E-state index in [9.17, 15) is 0 Å². The van der Waals surface area contributed by atoms with Gasteiger partial charge in [0.2, 0.25) is 0 Å². The maximum atomic E-state index is 6.13. The normalized spacial score (nSPS) is 9.85. The summed E-state index contributed by atoms with van der Waals surface area (Å²) in [5.74, 6) is 2.99. The molecule has 1 N–H and O–H groups in total. The summed E-state index contributed by atoms with van der Waals surface area (Å²) in [5.41, 5.74) is 1.92. The summed E-state index contributed by atoms with van der Waals surface area (Å²) in [7, 11) is 0. The Morgan fingerprint density at radius 3 is 2.60 bits per heavy atom. The highest BCUT2D eigenvalue weighted by Crippen LogP contribution is 2.26. The van der Waals surface area contributed by atoms with Crippen molar-refractivity contribution >= 4 is 28.9 Å². The van der Waals surface area contributed by atoms with Gasteiger partial charge < -0.3 is 10.1 Å². The van der Waals surface area contributed by atoms with Crippen molar-refractivity contribution in [2.24, 2.45) is 0 Å². The van der Waals surface area contributed by atoms with Crippen LogP contribution in [0.25, 0.3) is 0 Å². The lowest BCUT2D eigenvalue weighted by molar-refractivity contribution is 0.370. The van der Waals surface area contributed by atoms with Crippen molar-refractivity contribution in [3.05, 3.63) is 58.1 Å². The topological polar surface area (TPSA) is 21.3 Å². The SMILES string of the molecule is C#CCOc1ccc(CNc2ccccc2Cl)cc1Cl. The van der Waals surface area contributed by atoms with E-state index in [2.05, 4.69) is 11.2 Å². The Kier molecular flexibility index (Phi) is 5.17. The molecule has 102 valence electrons. The number of halogens is 2. The molecule has 0 bridgehead atoms. The van der Waals surface area contributed by atoms with Crippen LogP contribution in [0.1, 0.15) is 5.56 Å². The molecule has 0 fully saturated rings. The van der Waals surface area contributed by atoms with Crippen LogP contribution in [0, 0.1) is 12.3 Å². The third-order valence-electron chi connectivity index (χ3n) is 2.66. The fourth-order valence-corrected chi connectivity index (χ4v) is 2.15. The highest BCUT2D eigenvalue weighted by molar-refractivity contribution is 6.33. The van der Waals surface area contributed by atoms with Crippen LogP contribution in [0.15, 0.2) is 42.5 Å². The van der Waals surface area contributed by atoms with Crippen molar-refractivity contribution in [3.63, 3.8) is 0 Å². The molecule has 2 aromatic carbocycles. The Balaban J connectivity index is 2.02. The molecule has 0 unspecified atom stereocenters. The number of hydrogen-bond donors (Lipinski definition) is 1. The quantitative estimate of drug-likeness (QED) is 0.814. The van der Waals surface area contributed by atoms with Crippen LogP contribution in [0.5, 0.6) is 5.75 Å². The maximum Gasteiger partial charge on any atom is 0.148 e. The summed E-state index contributed by atoms with van der Waals surface area (Å²) < 4.78 is 5.31. The molecule has 2 rings (SSSR count). The molecule has 0 aliphatic rings. The van der Waals surface area contributed by atoms with Crippen molar-refractivity contribution in [3.8, 4) is 18.1 Å². The zero-order valence-corrected chi connectivity index (χ0v) is 12.2. The van der Waals surface area contributed by atoms with E-state index in [4.69, 9.17) is 34.4 Å². The van der Waals surface area contributed by atoms with Crippen molar-refractivity contribution in [1.29, 1.82) is 0 Å². The van der Waals surface area contributed by atoms with Gasteiger partial charge in [-0.3, -0.25) is 0 Å².